The van der Waals surface area contributed by atoms with Crippen LogP contribution in [0.5, 0.6) is 0 Å². The third kappa shape index (κ3) is 4.71. The summed E-state index contributed by atoms with van der Waals surface area (Å²) in [5.41, 5.74) is 2.14. The molecule has 3 rings (SSSR count). The Hall–Kier alpha value is -3.41. The van der Waals surface area contributed by atoms with Gasteiger partial charge in [-0.2, -0.15) is 0 Å². The van der Waals surface area contributed by atoms with E-state index in [1.807, 2.05) is 96.1 Å². The van der Waals surface area contributed by atoms with E-state index in [9.17, 15) is 0 Å². The van der Waals surface area contributed by atoms with E-state index < -0.39 is 0 Å². The molecule has 0 saturated carbocycles. The Morgan fingerprint density at radius 2 is 1.34 bits per heavy atom. The first-order valence-electron chi connectivity index (χ1n) is 9.76. The van der Waals surface area contributed by atoms with Crippen molar-refractivity contribution in [1.29, 1.82) is 0 Å². The average Bonchev–Trinajstić information content (AvgIpc) is 3.12. The molecule has 6 nitrogen and oxygen atoms in total. The molecule has 0 aliphatic carbocycles. The van der Waals surface area contributed by atoms with Crippen molar-refractivity contribution in [3.05, 3.63) is 90.0 Å². The highest BCUT2D eigenvalue weighted by Crippen LogP contribution is 2.07. The van der Waals surface area contributed by atoms with Gasteiger partial charge in [-0.15, -0.1) is 9.35 Å². The number of hydrogen-bond donors (Lipinski definition) is 0. The first kappa shape index (κ1) is 20.3. The van der Waals surface area contributed by atoms with Gasteiger partial charge in [0.25, 0.3) is 0 Å². The molecule has 0 radical (unpaired) electrons. The maximum absolute atomic E-state index is 4.90. The van der Waals surface area contributed by atoms with Gasteiger partial charge in [-0.1, -0.05) is 77.8 Å². The van der Waals surface area contributed by atoms with E-state index in [0.717, 1.165) is 35.0 Å². The predicted molar refractivity (Wildman–Crippen MR) is 118 cm³/mol. The van der Waals surface area contributed by atoms with Gasteiger partial charge in [-0.05, 0) is 0 Å². The van der Waals surface area contributed by atoms with Crippen LogP contribution in [0.15, 0.2) is 83.3 Å². The summed E-state index contributed by atoms with van der Waals surface area (Å²) < 4.78 is 3.81. The second-order valence-electron chi connectivity index (χ2n) is 7.13. The van der Waals surface area contributed by atoms with E-state index >= 15 is 0 Å². The monoisotopic (exact) mass is 389 g/mol. The molecule has 1 heterocycles. The van der Waals surface area contributed by atoms with Gasteiger partial charge in [0.15, 0.2) is 24.1 Å². The Kier molecular flexibility index (Phi) is 6.44. The molecule has 150 valence electrons. The molecule has 29 heavy (non-hydrogen) atoms. The van der Waals surface area contributed by atoms with Crippen LogP contribution in [0.1, 0.15) is 23.9 Å². The summed E-state index contributed by atoms with van der Waals surface area (Å²) in [6.07, 6.45) is 4.70. The molecule has 2 aromatic carbocycles. The highest BCUT2D eigenvalue weighted by atomic mass is 15.5. The first-order valence-corrected chi connectivity index (χ1v) is 9.76. The molecule has 6 heteroatoms. The lowest BCUT2D eigenvalue weighted by Crippen LogP contribution is -2.37. The molecular weight excluding hydrogens is 360 g/mol. The summed E-state index contributed by atoms with van der Waals surface area (Å²) in [7, 11) is 8.03. The van der Waals surface area contributed by atoms with Crippen LogP contribution in [0.3, 0.4) is 0 Å². The largest absolute Gasteiger partial charge is 0.359 e. The summed E-state index contributed by atoms with van der Waals surface area (Å²) in [6.45, 7) is 2.11. The minimum absolute atomic E-state index is 0.797. The minimum atomic E-state index is 0.797. The molecule has 0 fully saturated rings. The zero-order valence-electron chi connectivity index (χ0n) is 17.8. The van der Waals surface area contributed by atoms with Crippen LogP contribution in [0.4, 0.5) is 0 Å². The number of rotatable bonds is 5. The summed E-state index contributed by atoms with van der Waals surface area (Å²) in [5.74, 6) is 2.78. The van der Waals surface area contributed by atoms with Crippen molar-refractivity contribution in [3.8, 4) is 0 Å². The molecule has 0 unspecified atom stereocenters. The van der Waals surface area contributed by atoms with Gasteiger partial charge in [0, 0.05) is 39.3 Å². The molecule has 3 aromatic rings. The minimum Gasteiger partial charge on any atom is -0.359 e. The fourth-order valence-electron chi connectivity index (χ4n) is 3.10. The second kappa shape index (κ2) is 9.19. The topological polar surface area (TPSA) is 40.0 Å². The van der Waals surface area contributed by atoms with E-state index in [2.05, 4.69) is 31.2 Å². The Morgan fingerprint density at radius 1 is 0.828 bits per heavy atom. The lowest BCUT2D eigenvalue weighted by molar-refractivity contribution is -0.686. The smallest absolute Gasteiger partial charge is 0.307 e. The van der Waals surface area contributed by atoms with Gasteiger partial charge in [0.1, 0.15) is 0 Å². The van der Waals surface area contributed by atoms with Gasteiger partial charge < -0.3 is 9.80 Å². The van der Waals surface area contributed by atoms with Crippen molar-refractivity contribution >= 4 is 11.7 Å². The zero-order chi connectivity index (χ0) is 20.8. The van der Waals surface area contributed by atoms with Crippen LogP contribution in [0, 0.1) is 0 Å². The summed E-state index contributed by atoms with van der Waals surface area (Å²) in [5, 5.41) is 9.80. The van der Waals surface area contributed by atoms with Crippen LogP contribution in [-0.2, 0) is 6.42 Å². The number of aromatic nitrogens is 2. The second-order valence-corrected chi connectivity index (χ2v) is 7.13. The van der Waals surface area contributed by atoms with E-state index in [4.69, 9.17) is 10.2 Å². The summed E-state index contributed by atoms with van der Waals surface area (Å²) in [4.78, 5) is 4.05. The lowest BCUT2D eigenvalue weighted by Gasteiger charge is -2.14. The lowest BCUT2D eigenvalue weighted by atomic mass is 10.2. The van der Waals surface area contributed by atoms with Crippen LogP contribution >= 0.6 is 0 Å². The molecule has 0 N–H and O–H groups in total. The van der Waals surface area contributed by atoms with Crippen molar-refractivity contribution < 1.29 is 4.68 Å². The van der Waals surface area contributed by atoms with Gasteiger partial charge >= 0.3 is 5.82 Å². The number of amidine groups is 2. The molecule has 0 aliphatic heterocycles. The maximum atomic E-state index is 4.90. The van der Waals surface area contributed by atoms with E-state index in [0.29, 0.717) is 0 Å². The Morgan fingerprint density at radius 3 is 1.83 bits per heavy atom. The van der Waals surface area contributed by atoms with Gasteiger partial charge in [-0.25, -0.2) is 0 Å². The van der Waals surface area contributed by atoms with Crippen molar-refractivity contribution in [1.82, 2.24) is 14.5 Å². The SMILES string of the molecule is CCc1n(N=C(c2ccccc2)N(C)C)cc[n+]1N=C(c1ccccc1)N(C)C. The molecular formula is C23H29N6+. The molecule has 0 saturated heterocycles. The number of nitrogens with zero attached hydrogens (tertiary/aromatic N) is 6. The van der Waals surface area contributed by atoms with E-state index in [1.54, 1.807) is 0 Å². The molecule has 0 atom stereocenters. The van der Waals surface area contributed by atoms with Crippen LogP contribution < -0.4 is 4.68 Å². The van der Waals surface area contributed by atoms with E-state index in [-0.39, 0.29) is 0 Å². The van der Waals surface area contributed by atoms with Crippen LogP contribution in [-0.4, -0.2) is 54.3 Å². The first-order chi connectivity index (χ1) is 14.0. The van der Waals surface area contributed by atoms with Gasteiger partial charge in [0.05, 0.1) is 6.42 Å². The molecule has 0 amide bonds. The fraction of sp³-hybridized carbons (Fsp3) is 0.261. The molecule has 0 aliphatic rings. The van der Waals surface area contributed by atoms with Gasteiger partial charge in [0.2, 0.25) is 0 Å². The van der Waals surface area contributed by atoms with Crippen molar-refractivity contribution in [2.45, 2.75) is 13.3 Å². The van der Waals surface area contributed by atoms with Crippen LogP contribution in [0.2, 0.25) is 0 Å². The zero-order valence-corrected chi connectivity index (χ0v) is 17.8. The van der Waals surface area contributed by atoms with Gasteiger partial charge in [-0.3, -0.25) is 0 Å². The average molecular weight is 390 g/mol. The highest BCUT2D eigenvalue weighted by molar-refractivity contribution is 5.98. The maximum Gasteiger partial charge on any atom is 0.307 e. The third-order valence-electron chi connectivity index (χ3n) is 4.51. The number of imidazole rings is 1. The third-order valence-corrected chi connectivity index (χ3v) is 4.51. The number of hydrogen-bond acceptors (Lipinski definition) is 2. The van der Waals surface area contributed by atoms with Crippen LogP contribution in [0.25, 0.3) is 0 Å². The Balaban J connectivity index is 2.06. The van der Waals surface area contributed by atoms with E-state index in [1.165, 1.54) is 0 Å². The fourth-order valence-corrected chi connectivity index (χ4v) is 3.10. The standard InChI is InChI=1S/C23H29N6/c1-6-21-28(24-22(26(2)3)19-13-9-7-10-14-19)17-18-29(21)25-23(27(4)5)20-15-11-8-12-16-20/h7-18H,6H2,1-5H3/q+1. The molecule has 0 spiro atoms. The normalized spacial score (nSPS) is 12.2. The van der Waals surface area contributed by atoms with Crippen molar-refractivity contribution in [2.24, 2.45) is 10.2 Å². The summed E-state index contributed by atoms with van der Waals surface area (Å²) >= 11 is 0. The predicted octanol–water partition coefficient (Wildman–Crippen LogP) is 2.88. The highest BCUT2D eigenvalue weighted by Gasteiger charge is 2.19. The Labute approximate surface area is 173 Å². The summed E-state index contributed by atoms with van der Waals surface area (Å²) in [6, 6.07) is 20.4. The molecule has 0 bridgehead atoms. The quantitative estimate of drug-likeness (QED) is 0.382. The Bertz CT molecular complexity index is 906. The van der Waals surface area contributed by atoms with Crippen molar-refractivity contribution in [2.75, 3.05) is 28.2 Å². The molecule has 1 aromatic heterocycles. The number of benzene rings is 2. The van der Waals surface area contributed by atoms with Crippen molar-refractivity contribution in [3.63, 3.8) is 0 Å².